The Labute approximate surface area is 134 Å². The van der Waals surface area contributed by atoms with Crippen molar-refractivity contribution in [3.05, 3.63) is 53.6 Å². The zero-order valence-electron chi connectivity index (χ0n) is 12.6. The van der Waals surface area contributed by atoms with Gasteiger partial charge in [-0.05, 0) is 62.4 Å². The van der Waals surface area contributed by atoms with Gasteiger partial charge in [0.15, 0.2) is 0 Å². The fourth-order valence-corrected chi connectivity index (χ4v) is 1.84. The highest BCUT2D eigenvalue weighted by Crippen LogP contribution is 2.23. The maximum atomic E-state index is 12.3. The molecule has 0 aromatic heterocycles. The number of carbonyl (C=O) groups is 1. The number of methoxy groups -OCH3 is 1. The molecule has 0 saturated carbocycles. The van der Waals surface area contributed by atoms with Crippen LogP contribution in [0.3, 0.4) is 0 Å². The van der Waals surface area contributed by atoms with Crippen LogP contribution in [0, 0.1) is 0 Å². The molecule has 4 nitrogen and oxygen atoms in total. The Morgan fingerprint density at radius 1 is 0.909 bits per heavy atom. The Hall–Kier alpha value is -2.20. The van der Waals surface area contributed by atoms with Gasteiger partial charge in [-0.25, -0.2) is 4.79 Å². The summed E-state index contributed by atoms with van der Waals surface area (Å²) in [5, 5.41) is 0.603. The van der Waals surface area contributed by atoms with Crippen LogP contribution in [-0.2, 0) is 4.79 Å². The topological polar surface area (TPSA) is 44.8 Å². The molecular formula is C17H17ClO4. The molecule has 0 atom stereocenters. The Morgan fingerprint density at radius 3 is 1.95 bits per heavy atom. The lowest BCUT2D eigenvalue weighted by atomic mass is 10.1. The van der Waals surface area contributed by atoms with Crippen molar-refractivity contribution in [2.45, 2.75) is 19.4 Å². The van der Waals surface area contributed by atoms with Crippen LogP contribution in [-0.4, -0.2) is 18.7 Å². The predicted molar refractivity (Wildman–Crippen MR) is 84.8 cm³/mol. The molecule has 22 heavy (non-hydrogen) atoms. The number of halogens is 1. The summed E-state index contributed by atoms with van der Waals surface area (Å²) in [6.07, 6.45) is 0. The van der Waals surface area contributed by atoms with Crippen LogP contribution in [0.2, 0.25) is 5.02 Å². The van der Waals surface area contributed by atoms with Gasteiger partial charge >= 0.3 is 5.97 Å². The molecule has 0 spiro atoms. The van der Waals surface area contributed by atoms with E-state index in [-0.39, 0.29) is 0 Å². The molecule has 0 aliphatic carbocycles. The Morgan fingerprint density at radius 2 is 1.41 bits per heavy atom. The first-order valence-corrected chi connectivity index (χ1v) is 7.09. The average Bonchev–Trinajstić information content (AvgIpc) is 2.50. The molecule has 0 amide bonds. The van der Waals surface area contributed by atoms with Gasteiger partial charge in [0.1, 0.15) is 17.2 Å². The van der Waals surface area contributed by atoms with Gasteiger partial charge in [0, 0.05) is 5.02 Å². The minimum atomic E-state index is -1.13. The third-order valence-electron chi connectivity index (χ3n) is 2.95. The van der Waals surface area contributed by atoms with Crippen LogP contribution in [0.15, 0.2) is 48.5 Å². The second-order valence-corrected chi connectivity index (χ2v) is 5.57. The number of ether oxygens (including phenoxy) is 3. The van der Waals surface area contributed by atoms with Gasteiger partial charge in [0.25, 0.3) is 0 Å². The van der Waals surface area contributed by atoms with Crippen molar-refractivity contribution in [2.75, 3.05) is 7.11 Å². The molecule has 0 fully saturated rings. The Balaban J connectivity index is 2.04. The van der Waals surface area contributed by atoms with Crippen molar-refractivity contribution in [1.82, 2.24) is 0 Å². The van der Waals surface area contributed by atoms with Crippen molar-refractivity contribution in [2.24, 2.45) is 0 Å². The summed E-state index contributed by atoms with van der Waals surface area (Å²) in [4.78, 5) is 12.3. The summed E-state index contributed by atoms with van der Waals surface area (Å²) in [7, 11) is 1.57. The summed E-state index contributed by atoms with van der Waals surface area (Å²) in [6, 6.07) is 13.6. The van der Waals surface area contributed by atoms with E-state index in [1.54, 1.807) is 69.5 Å². The van der Waals surface area contributed by atoms with E-state index in [1.807, 2.05) is 0 Å². The van der Waals surface area contributed by atoms with Gasteiger partial charge in [-0.1, -0.05) is 11.6 Å². The summed E-state index contributed by atoms with van der Waals surface area (Å²) in [6.45, 7) is 3.29. The molecule has 0 saturated heterocycles. The molecule has 0 radical (unpaired) electrons. The van der Waals surface area contributed by atoms with E-state index < -0.39 is 11.6 Å². The van der Waals surface area contributed by atoms with Gasteiger partial charge in [0.05, 0.1) is 7.11 Å². The molecule has 0 aliphatic heterocycles. The third-order valence-corrected chi connectivity index (χ3v) is 3.20. The number of carbonyl (C=O) groups excluding carboxylic acids is 1. The molecule has 0 bridgehead atoms. The van der Waals surface area contributed by atoms with Crippen molar-refractivity contribution in [1.29, 1.82) is 0 Å². The van der Waals surface area contributed by atoms with Gasteiger partial charge in [-0.15, -0.1) is 0 Å². The van der Waals surface area contributed by atoms with Gasteiger partial charge in [-0.3, -0.25) is 0 Å². The monoisotopic (exact) mass is 320 g/mol. The van der Waals surface area contributed by atoms with Gasteiger partial charge in [0.2, 0.25) is 5.60 Å². The normalized spacial score (nSPS) is 10.9. The number of benzene rings is 2. The summed E-state index contributed by atoms with van der Waals surface area (Å²) >= 11 is 5.82. The van der Waals surface area contributed by atoms with Crippen LogP contribution in [0.25, 0.3) is 0 Å². The van der Waals surface area contributed by atoms with Crippen molar-refractivity contribution < 1.29 is 19.0 Å². The van der Waals surface area contributed by atoms with Crippen LogP contribution in [0.4, 0.5) is 0 Å². The highest BCUT2D eigenvalue weighted by molar-refractivity contribution is 6.30. The second-order valence-electron chi connectivity index (χ2n) is 5.13. The number of hydrogen-bond acceptors (Lipinski definition) is 4. The van der Waals surface area contributed by atoms with E-state index in [0.29, 0.717) is 22.3 Å². The zero-order valence-corrected chi connectivity index (χ0v) is 13.4. The molecule has 5 heteroatoms. The molecule has 0 heterocycles. The number of hydrogen-bond donors (Lipinski definition) is 0. The molecule has 0 aliphatic rings. The smallest absolute Gasteiger partial charge is 0.355 e. The largest absolute Gasteiger partial charge is 0.497 e. The fraction of sp³-hybridized carbons (Fsp3) is 0.235. The Bertz CT molecular complexity index is 633. The molecule has 2 aromatic rings. The molecular weight excluding hydrogens is 304 g/mol. The zero-order chi connectivity index (χ0) is 16.2. The van der Waals surface area contributed by atoms with Crippen LogP contribution >= 0.6 is 11.6 Å². The fourth-order valence-electron chi connectivity index (χ4n) is 1.71. The van der Waals surface area contributed by atoms with E-state index >= 15 is 0 Å². The predicted octanol–water partition coefficient (Wildman–Crippen LogP) is 4.11. The lowest BCUT2D eigenvalue weighted by Gasteiger charge is -2.24. The van der Waals surface area contributed by atoms with E-state index in [4.69, 9.17) is 25.8 Å². The lowest BCUT2D eigenvalue weighted by Crippen LogP contribution is -2.41. The van der Waals surface area contributed by atoms with Crippen molar-refractivity contribution >= 4 is 17.6 Å². The van der Waals surface area contributed by atoms with E-state index in [1.165, 1.54) is 0 Å². The van der Waals surface area contributed by atoms with Gasteiger partial charge in [-0.2, -0.15) is 0 Å². The summed E-state index contributed by atoms with van der Waals surface area (Å²) < 4.78 is 16.1. The molecule has 0 unspecified atom stereocenters. The lowest BCUT2D eigenvalue weighted by molar-refractivity contribution is -0.149. The van der Waals surface area contributed by atoms with E-state index in [9.17, 15) is 4.79 Å². The molecule has 2 aromatic carbocycles. The maximum absolute atomic E-state index is 12.3. The average molecular weight is 321 g/mol. The molecule has 0 N–H and O–H groups in total. The third kappa shape index (κ3) is 4.15. The Kier molecular flexibility index (Phi) is 4.93. The molecule has 2 rings (SSSR count). The molecule has 116 valence electrons. The maximum Gasteiger partial charge on any atom is 0.355 e. The van der Waals surface area contributed by atoms with E-state index in [0.717, 1.165) is 0 Å². The highest BCUT2D eigenvalue weighted by atomic mass is 35.5. The van der Waals surface area contributed by atoms with Crippen molar-refractivity contribution in [3.63, 3.8) is 0 Å². The van der Waals surface area contributed by atoms with Crippen LogP contribution in [0.1, 0.15) is 13.8 Å². The second kappa shape index (κ2) is 6.71. The van der Waals surface area contributed by atoms with Crippen LogP contribution in [0.5, 0.6) is 17.2 Å². The SMILES string of the molecule is COc1ccc(OC(=O)C(C)(C)Oc2ccc(Cl)cc2)cc1. The quantitative estimate of drug-likeness (QED) is 0.614. The highest BCUT2D eigenvalue weighted by Gasteiger charge is 2.32. The first-order chi connectivity index (χ1) is 10.4. The van der Waals surface area contributed by atoms with Crippen molar-refractivity contribution in [3.8, 4) is 17.2 Å². The number of esters is 1. The van der Waals surface area contributed by atoms with Crippen LogP contribution < -0.4 is 14.2 Å². The van der Waals surface area contributed by atoms with E-state index in [2.05, 4.69) is 0 Å². The summed E-state index contributed by atoms with van der Waals surface area (Å²) in [5.41, 5.74) is -1.13. The minimum Gasteiger partial charge on any atom is -0.497 e. The first-order valence-electron chi connectivity index (χ1n) is 6.71. The number of rotatable bonds is 5. The summed E-state index contributed by atoms with van der Waals surface area (Å²) in [5.74, 6) is 1.17. The van der Waals surface area contributed by atoms with Gasteiger partial charge < -0.3 is 14.2 Å². The minimum absolute atomic E-state index is 0.429. The standard InChI is InChI=1S/C17H17ClO4/c1-17(2,22-15-6-4-12(18)5-7-15)16(19)21-14-10-8-13(20-3)9-11-14/h4-11H,1-3H3. The first kappa shape index (κ1) is 16.2.